The first-order valence-corrected chi connectivity index (χ1v) is 8.52. The van der Waals surface area contributed by atoms with Crippen LogP contribution in [0.2, 0.25) is 0 Å². The van der Waals surface area contributed by atoms with Crippen molar-refractivity contribution in [2.75, 3.05) is 37.1 Å². The molecule has 7 nitrogen and oxygen atoms in total. The summed E-state index contributed by atoms with van der Waals surface area (Å²) in [6.45, 7) is 0.846. The van der Waals surface area contributed by atoms with Gasteiger partial charge >= 0.3 is 0 Å². The summed E-state index contributed by atoms with van der Waals surface area (Å²) in [7, 11) is -1.37. The van der Waals surface area contributed by atoms with Crippen molar-refractivity contribution < 1.29 is 17.9 Å². The highest BCUT2D eigenvalue weighted by molar-refractivity contribution is 7.91. The number of rotatable bonds is 6. The van der Waals surface area contributed by atoms with Crippen LogP contribution < -0.4 is 10.6 Å². The van der Waals surface area contributed by atoms with Gasteiger partial charge in [0.2, 0.25) is 0 Å². The summed E-state index contributed by atoms with van der Waals surface area (Å²) >= 11 is 0. The molecule has 1 aromatic rings. The number of carbonyl (C=O) groups excluding carboxylic acids is 1. The molecule has 1 fully saturated rings. The highest BCUT2D eigenvalue weighted by atomic mass is 32.2. The van der Waals surface area contributed by atoms with Crippen LogP contribution in [0.15, 0.2) is 18.3 Å². The van der Waals surface area contributed by atoms with Crippen molar-refractivity contribution >= 4 is 21.4 Å². The van der Waals surface area contributed by atoms with E-state index in [2.05, 4.69) is 15.6 Å². The lowest BCUT2D eigenvalue weighted by molar-refractivity contribution is 0.0932. The number of amides is 1. The Bertz CT molecular complexity index is 603. The maximum atomic E-state index is 11.9. The van der Waals surface area contributed by atoms with Crippen molar-refractivity contribution in [2.45, 2.75) is 12.5 Å². The molecule has 8 heteroatoms. The third-order valence-electron chi connectivity index (χ3n) is 3.19. The van der Waals surface area contributed by atoms with Crippen LogP contribution in [0.1, 0.15) is 16.9 Å². The van der Waals surface area contributed by atoms with E-state index in [1.54, 1.807) is 19.2 Å². The summed E-state index contributed by atoms with van der Waals surface area (Å²) in [6.07, 6.45) is 2.11. The Hall–Kier alpha value is -1.67. The quantitative estimate of drug-likeness (QED) is 0.721. The number of carbonyl (C=O) groups is 1. The Labute approximate surface area is 124 Å². The first-order chi connectivity index (χ1) is 10.00. The second kappa shape index (κ2) is 6.86. The van der Waals surface area contributed by atoms with E-state index in [1.807, 2.05) is 0 Å². The van der Waals surface area contributed by atoms with Gasteiger partial charge in [0.1, 0.15) is 5.69 Å². The van der Waals surface area contributed by atoms with Gasteiger partial charge < -0.3 is 15.4 Å². The van der Waals surface area contributed by atoms with Crippen LogP contribution in [0.25, 0.3) is 0 Å². The number of nitrogens with zero attached hydrogens (tertiary/aromatic N) is 1. The van der Waals surface area contributed by atoms with Crippen molar-refractivity contribution in [3.63, 3.8) is 0 Å². The highest BCUT2D eigenvalue weighted by Gasteiger charge is 2.27. The normalized spacial score (nSPS) is 20.1. The van der Waals surface area contributed by atoms with Crippen LogP contribution in [0.4, 0.5) is 5.69 Å². The van der Waals surface area contributed by atoms with E-state index in [-0.39, 0.29) is 29.1 Å². The zero-order valence-corrected chi connectivity index (χ0v) is 12.6. The number of hydrogen-bond acceptors (Lipinski definition) is 6. The fourth-order valence-corrected chi connectivity index (χ4v) is 3.82. The number of sulfone groups is 1. The molecule has 0 aliphatic carbocycles. The lowest BCUT2D eigenvalue weighted by atomic mass is 10.2. The van der Waals surface area contributed by atoms with Crippen molar-refractivity contribution in [3.8, 4) is 0 Å². The van der Waals surface area contributed by atoms with E-state index in [9.17, 15) is 13.2 Å². The molecule has 1 amide bonds. The van der Waals surface area contributed by atoms with E-state index in [0.29, 0.717) is 25.3 Å². The Morgan fingerprint density at radius 1 is 1.52 bits per heavy atom. The van der Waals surface area contributed by atoms with Gasteiger partial charge in [-0.3, -0.25) is 9.78 Å². The molecule has 2 rings (SSSR count). The van der Waals surface area contributed by atoms with Gasteiger partial charge in [0, 0.05) is 31.6 Å². The van der Waals surface area contributed by atoms with Crippen molar-refractivity contribution in [1.82, 2.24) is 10.3 Å². The molecule has 2 N–H and O–H groups in total. The van der Waals surface area contributed by atoms with Gasteiger partial charge in [-0.25, -0.2) is 8.42 Å². The van der Waals surface area contributed by atoms with Gasteiger partial charge in [0.05, 0.1) is 18.1 Å². The van der Waals surface area contributed by atoms with E-state index in [1.165, 1.54) is 6.20 Å². The maximum absolute atomic E-state index is 11.9. The van der Waals surface area contributed by atoms with E-state index >= 15 is 0 Å². The molecule has 2 heterocycles. The predicted molar refractivity (Wildman–Crippen MR) is 79.1 cm³/mol. The van der Waals surface area contributed by atoms with Crippen molar-refractivity contribution in [3.05, 3.63) is 24.0 Å². The van der Waals surface area contributed by atoms with Crippen LogP contribution >= 0.6 is 0 Å². The molecule has 0 bridgehead atoms. The monoisotopic (exact) mass is 313 g/mol. The van der Waals surface area contributed by atoms with Gasteiger partial charge in [-0.2, -0.15) is 0 Å². The number of anilines is 1. The molecule has 116 valence electrons. The lowest BCUT2D eigenvalue weighted by Crippen LogP contribution is -2.28. The van der Waals surface area contributed by atoms with Crippen molar-refractivity contribution in [1.29, 1.82) is 0 Å². The number of pyridine rings is 1. The fourth-order valence-electron chi connectivity index (χ4n) is 2.15. The lowest BCUT2D eigenvalue weighted by Gasteiger charge is -2.13. The van der Waals surface area contributed by atoms with E-state index in [4.69, 9.17) is 4.74 Å². The zero-order valence-electron chi connectivity index (χ0n) is 11.8. The maximum Gasteiger partial charge on any atom is 0.270 e. The predicted octanol–water partition coefficient (Wildman–Crippen LogP) is 0.0568. The summed E-state index contributed by atoms with van der Waals surface area (Å²) in [5, 5.41) is 5.82. The minimum absolute atomic E-state index is 0.109. The molecular formula is C13H19N3O4S. The third-order valence-corrected chi connectivity index (χ3v) is 4.96. The Morgan fingerprint density at radius 2 is 2.33 bits per heavy atom. The number of methoxy groups -OCH3 is 1. The molecule has 1 aliphatic rings. The smallest absolute Gasteiger partial charge is 0.270 e. The molecule has 1 atom stereocenters. The Kier molecular flexibility index (Phi) is 5.13. The topological polar surface area (TPSA) is 97.4 Å². The molecule has 1 saturated heterocycles. The molecule has 0 saturated carbocycles. The minimum Gasteiger partial charge on any atom is -0.383 e. The largest absolute Gasteiger partial charge is 0.383 e. The van der Waals surface area contributed by atoms with Crippen LogP contribution in [0.5, 0.6) is 0 Å². The standard InChI is InChI=1S/C13H19N3O4S/c1-20-6-5-15-13(17)12-8-10(2-4-14-12)16-11-3-7-21(18,19)9-11/h2,4,8,11H,3,5-7,9H2,1H3,(H,14,16)(H,15,17). The molecule has 1 unspecified atom stereocenters. The van der Waals surface area contributed by atoms with Crippen LogP contribution in [-0.4, -0.2) is 57.1 Å². The average Bonchev–Trinajstić information content (AvgIpc) is 2.78. The molecule has 0 radical (unpaired) electrons. The Morgan fingerprint density at radius 3 is 3.00 bits per heavy atom. The SMILES string of the molecule is COCCNC(=O)c1cc(NC2CCS(=O)(=O)C2)ccn1. The molecular weight excluding hydrogens is 294 g/mol. The minimum atomic E-state index is -2.93. The zero-order chi connectivity index (χ0) is 15.3. The van der Waals surface area contributed by atoms with Crippen LogP contribution in [-0.2, 0) is 14.6 Å². The van der Waals surface area contributed by atoms with Gasteiger partial charge in [0.15, 0.2) is 9.84 Å². The summed E-state index contributed by atoms with van der Waals surface area (Å²) < 4.78 is 27.7. The van der Waals surface area contributed by atoms with Crippen LogP contribution in [0, 0.1) is 0 Å². The Balaban J connectivity index is 1.96. The van der Waals surface area contributed by atoms with Gasteiger partial charge in [-0.15, -0.1) is 0 Å². The van der Waals surface area contributed by atoms with E-state index in [0.717, 1.165) is 0 Å². The second-order valence-corrected chi connectivity index (χ2v) is 7.15. The second-order valence-electron chi connectivity index (χ2n) is 4.92. The number of ether oxygens (including phenoxy) is 1. The molecule has 21 heavy (non-hydrogen) atoms. The summed E-state index contributed by atoms with van der Waals surface area (Å²) in [4.78, 5) is 15.9. The molecule has 0 spiro atoms. The van der Waals surface area contributed by atoms with Crippen LogP contribution in [0.3, 0.4) is 0 Å². The number of aromatic nitrogens is 1. The van der Waals surface area contributed by atoms with E-state index < -0.39 is 9.84 Å². The fraction of sp³-hybridized carbons (Fsp3) is 0.538. The van der Waals surface area contributed by atoms with Gasteiger partial charge in [-0.05, 0) is 18.6 Å². The third kappa shape index (κ3) is 4.68. The number of nitrogens with one attached hydrogen (secondary N) is 2. The first-order valence-electron chi connectivity index (χ1n) is 6.70. The highest BCUT2D eigenvalue weighted by Crippen LogP contribution is 2.17. The molecule has 1 aliphatic heterocycles. The number of hydrogen-bond donors (Lipinski definition) is 2. The van der Waals surface area contributed by atoms with Crippen molar-refractivity contribution in [2.24, 2.45) is 0 Å². The molecule has 1 aromatic heterocycles. The summed E-state index contributed by atoms with van der Waals surface area (Å²) in [5.74, 6) is 0.0555. The summed E-state index contributed by atoms with van der Waals surface area (Å²) in [6, 6.07) is 3.23. The first kappa shape index (κ1) is 15.7. The molecule has 0 aromatic carbocycles. The average molecular weight is 313 g/mol. The van der Waals surface area contributed by atoms with Gasteiger partial charge in [-0.1, -0.05) is 0 Å². The van der Waals surface area contributed by atoms with Gasteiger partial charge in [0.25, 0.3) is 5.91 Å². The summed E-state index contributed by atoms with van der Waals surface area (Å²) in [5.41, 5.74) is 0.987.